The van der Waals surface area contributed by atoms with Gasteiger partial charge in [0, 0.05) is 25.7 Å². The van der Waals surface area contributed by atoms with E-state index in [1.165, 1.54) is 0 Å². The zero-order chi connectivity index (χ0) is 13.1. The van der Waals surface area contributed by atoms with Gasteiger partial charge in [0.25, 0.3) is 0 Å². The van der Waals surface area contributed by atoms with E-state index in [1.54, 1.807) is 4.90 Å². The maximum Gasteiger partial charge on any atom is 0.317 e. The maximum absolute atomic E-state index is 12.0. The number of urea groups is 1. The van der Waals surface area contributed by atoms with Crippen molar-refractivity contribution in [2.75, 3.05) is 33.2 Å². The molecular formula is C12H21N3O3. The predicted molar refractivity (Wildman–Crippen MR) is 66.4 cm³/mol. The smallest absolute Gasteiger partial charge is 0.317 e. The molecule has 2 saturated heterocycles. The van der Waals surface area contributed by atoms with Crippen molar-refractivity contribution in [3.8, 4) is 0 Å². The minimum Gasteiger partial charge on any atom is -0.481 e. The largest absolute Gasteiger partial charge is 0.481 e. The molecule has 2 aliphatic rings. The Kier molecular flexibility index (Phi) is 4.06. The van der Waals surface area contributed by atoms with Crippen LogP contribution in [0.2, 0.25) is 0 Å². The zero-order valence-corrected chi connectivity index (χ0v) is 10.8. The monoisotopic (exact) mass is 255 g/mol. The molecule has 102 valence electrons. The van der Waals surface area contributed by atoms with Gasteiger partial charge in [0.2, 0.25) is 0 Å². The summed E-state index contributed by atoms with van der Waals surface area (Å²) in [7, 11) is 2.04. The maximum atomic E-state index is 12.0. The van der Waals surface area contributed by atoms with E-state index in [1.807, 2.05) is 7.05 Å². The van der Waals surface area contributed by atoms with E-state index in [4.69, 9.17) is 5.11 Å². The lowest BCUT2D eigenvalue weighted by Crippen LogP contribution is -2.50. The molecule has 6 nitrogen and oxygen atoms in total. The van der Waals surface area contributed by atoms with Crippen LogP contribution in [-0.4, -0.2) is 66.2 Å². The van der Waals surface area contributed by atoms with Gasteiger partial charge in [-0.3, -0.25) is 4.79 Å². The lowest BCUT2D eigenvalue weighted by atomic mass is 9.99. The fourth-order valence-corrected chi connectivity index (χ4v) is 2.68. The van der Waals surface area contributed by atoms with Crippen molar-refractivity contribution in [2.45, 2.75) is 25.3 Å². The molecular weight excluding hydrogens is 234 g/mol. The van der Waals surface area contributed by atoms with Gasteiger partial charge < -0.3 is 20.2 Å². The van der Waals surface area contributed by atoms with Crippen molar-refractivity contribution in [1.29, 1.82) is 0 Å². The third-order valence-electron chi connectivity index (χ3n) is 3.78. The van der Waals surface area contributed by atoms with Crippen LogP contribution in [0.1, 0.15) is 19.3 Å². The SMILES string of the molecule is CN1CCC(NC(=O)N2CCCC(C(=O)O)C2)C1. The molecule has 2 fully saturated rings. The Morgan fingerprint density at radius 3 is 2.61 bits per heavy atom. The second kappa shape index (κ2) is 5.56. The standard InChI is InChI=1S/C12H21N3O3/c1-14-6-4-10(8-14)13-12(18)15-5-2-3-9(7-15)11(16)17/h9-10H,2-8H2,1H3,(H,13,18)(H,16,17). The number of carbonyl (C=O) groups excluding carboxylic acids is 1. The van der Waals surface area contributed by atoms with Gasteiger partial charge in [0.05, 0.1) is 5.92 Å². The summed E-state index contributed by atoms with van der Waals surface area (Å²) in [5.41, 5.74) is 0. The Morgan fingerprint density at radius 1 is 1.22 bits per heavy atom. The molecule has 0 saturated carbocycles. The highest BCUT2D eigenvalue weighted by Gasteiger charge is 2.30. The number of hydrogen-bond donors (Lipinski definition) is 2. The number of carboxylic acids is 1. The highest BCUT2D eigenvalue weighted by molar-refractivity contribution is 5.76. The first-order valence-electron chi connectivity index (χ1n) is 6.53. The Hall–Kier alpha value is -1.30. The van der Waals surface area contributed by atoms with Crippen LogP contribution in [0.15, 0.2) is 0 Å². The summed E-state index contributed by atoms with van der Waals surface area (Å²) >= 11 is 0. The summed E-state index contributed by atoms with van der Waals surface area (Å²) < 4.78 is 0. The number of carboxylic acid groups (broad SMARTS) is 1. The molecule has 2 rings (SSSR count). The average molecular weight is 255 g/mol. The summed E-state index contributed by atoms with van der Waals surface area (Å²) in [4.78, 5) is 26.8. The van der Waals surface area contributed by atoms with E-state index in [0.717, 1.165) is 25.9 Å². The van der Waals surface area contributed by atoms with Gasteiger partial charge in [-0.15, -0.1) is 0 Å². The molecule has 0 spiro atoms. The highest BCUT2D eigenvalue weighted by Crippen LogP contribution is 2.17. The summed E-state index contributed by atoms with van der Waals surface area (Å²) in [6, 6.07) is 0.0916. The van der Waals surface area contributed by atoms with E-state index in [-0.39, 0.29) is 12.1 Å². The first-order chi connectivity index (χ1) is 8.56. The van der Waals surface area contributed by atoms with Crippen LogP contribution >= 0.6 is 0 Å². The predicted octanol–water partition coefficient (Wildman–Crippen LogP) is 0.197. The number of nitrogens with one attached hydrogen (secondary N) is 1. The number of amides is 2. The number of likely N-dealkylation sites (N-methyl/N-ethyl adjacent to an activating group) is 1. The fourth-order valence-electron chi connectivity index (χ4n) is 2.68. The van der Waals surface area contributed by atoms with Gasteiger partial charge in [-0.25, -0.2) is 4.79 Å². The molecule has 2 atom stereocenters. The van der Waals surface area contributed by atoms with Crippen molar-refractivity contribution >= 4 is 12.0 Å². The lowest BCUT2D eigenvalue weighted by molar-refractivity contribution is -0.143. The molecule has 0 aromatic rings. The van der Waals surface area contributed by atoms with Gasteiger partial charge in [-0.05, 0) is 32.9 Å². The summed E-state index contributed by atoms with van der Waals surface area (Å²) in [5, 5.41) is 12.0. The van der Waals surface area contributed by atoms with Gasteiger partial charge in [-0.2, -0.15) is 0 Å². The number of rotatable bonds is 2. The van der Waals surface area contributed by atoms with Gasteiger partial charge in [0.1, 0.15) is 0 Å². The van der Waals surface area contributed by atoms with E-state index in [2.05, 4.69) is 10.2 Å². The van der Waals surface area contributed by atoms with Crippen LogP contribution in [-0.2, 0) is 4.79 Å². The first kappa shape index (κ1) is 13.1. The highest BCUT2D eigenvalue weighted by atomic mass is 16.4. The van der Waals surface area contributed by atoms with Crippen molar-refractivity contribution in [1.82, 2.24) is 15.1 Å². The Balaban J connectivity index is 1.83. The molecule has 2 aliphatic heterocycles. The third kappa shape index (κ3) is 3.13. The van der Waals surface area contributed by atoms with Crippen LogP contribution < -0.4 is 5.32 Å². The fraction of sp³-hybridized carbons (Fsp3) is 0.833. The van der Waals surface area contributed by atoms with Gasteiger partial charge in [0.15, 0.2) is 0 Å². The van der Waals surface area contributed by atoms with Crippen LogP contribution in [0.3, 0.4) is 0 Å². The second-order valence-electron chi connectivity index (χ2n) is 5.32. The second-order valence-corrected chi connectivity index (χ2v) is 5.32. The number of aliphatic carboxylic acids is 1. The van der Waals surface area contributed by atoms with Crippen LogP contribution in [0.5, 0.6) is 0 Å². The van der Waals surface area contributed by atoms with Gasteiger partial charge in [-0.1, -0.05) is 0 Å². The molecule has 2 heterocycles. The van der Waals surface area contributed by atoms with Gasteiger partial charge >= 0.3 is 12.0 Å². The third-order valence-corrected chi connectivity index (χ3v) is 3.78. The van der Waals surface area contributed by atoms with E-state index >= 15 is 0 Å². The Morgan fingerprint density at radius 2 is 2.00 bits per heavy atom. The number of likely N-dealkylation sites (tertiary alicyclic amines) is 2. The Labute approximate surface area is 107 Å². The summed E-state index contributed by atoms with van der Waals surface area (Å²) in [6.07, 6.45) is 2.42. The molecule has 2 amide bonds. The summed E-state index contributed by atoms with van der Waals surface area (Å²) in [6.45, 7) is 2.88. The molecule has 2 unspecified atom stereocenters. The molecule has 0 aromatic heterocycles. The molecule has 18 heavy (non-hydrogen) atoms. The Bertz CT molecular complexity index is 335. The van der Waals surface area contributed by atoms with Crippen molar-refractivity contribution in [3.63, 3.8) is 0 Å². The van der Waals surface area contributed by atoms with Crippen LogP contribution in [0.4, 0.5) is 4.79 Å². The number of carbonyl (C=O) groups is 2. The topological polar surface area (TPSA) is 72.9 Å². The minimum absolute atomic E-state index is 0.110. The number of piperidine rings is 1. The molecule has 0 bridgehead atoms. The minimum atomic E-state index is -0.798. The van der Waals surface area contributed by atoms with Crippen molar-refractivity contribution in [3.05, 3.63) is 0 Å². The van der Waals surface area contributed by atoms with Crippen molar-refractivity contribution < 1.29 is 14.7 Å². The summed E-state index contributed by atoms with van der Waals surface area (Å²) in [5.74, 6) is -1.20. The normalized spacial score (nSPS) is 29.3. The average Bonchev–Trinajstić information content (AvgIpc) is 2.75. The quantitative estimate of drug-likeness (QED) is 0.739. The van der Waals surface area contributed by atoms with E-state index < -0.39 is 11.9 Å². The molecule has 0 aliphatic carbocycles. The van der Waals surface area contributed by atoms with Crippen LogP contribution in [0, 0.1) is 5.92 Å². The zero-order valence-electron chi connectivity index (χ0n) is 10.8. The number of nitrogens with zero attached hydrogens (tertiary/aromatic N) is 2. The first-order valence-corrected chi connectivity index (χ1v) is 6.53. The van der Waals surface area contributed by atoms with Crippen molar-refractivity contribution in [2.24, 2.45) is 5.92 Å². The van der Waals surface area contributed by atoms with Crippen LogP contribution in [0.25, 0.3) is 0 Å². The molecule has 0 radical (unpaired) electrons. The molecule has 2 N–H and O–H groups in total. The number of hydrogen-bond acceptors (Lipinski definition) is 3. The lowest BCUT2D eigenvalue weighted by Gasteiger charge is -2.31. The van der Waals surface area contributed by atoms with E-state index in [0.29, 0.717) is 19.5 Å². The molecule has 6 heteroatoms. The van der Waals surface area contributed by atoms with E-state index in [9.17, 15) is 9.59 Å². The molecule has 0 aromatic carbocycles.